The molecule has 0 fully saturated rings. The summed E-state index contributed by atoms with van der Waals surface area (Å²) in [5, 5.41) is 6.72. The summed E-state index contributed by atoms with van der Waals surface area (Å²) >= 11 is 0. The average molecular weight is 471 g/mol. The largest absolute Gasteiger partial charge is 0.375 e. The molecule has 2 amide bonds. The Hall–Kier alpha value is -3.68. The molecule has 0 radical (unpaired) electrons. The molecule has 2 aliphatic heterocycles. The molecule has 5 rings (SSSR count). The first-order valence-corrected chi connectivity index (χ1v) is 12.0. The maximum atomic E-state index is 13.2. The molecule has 4 heterocycles. The Balaban J connectivity index is 1.82. The fourth-order valence-corrected chi connectivity index (χ4v) is 5.21. The summed E-state index contributed by atoms with van der Waals surface area (Å²) < 4.78 is 10.5. The molecule has 0 saturated heterocycles. The van der Waals surface area contributed by atoms with Crippen LogP contribution in [-0.2, 0) is 27.4 Å². The molecule has 2 aromatic heterocycles. The first kappa shape index (κ1) is 23.1. The maximum Gasteiger partial charge on any atom is 0.259 e. The van der Waals surface area contributed by atoms with Crippen molar-refractivity contribution in [3.63, 3.8) is 0 Å². The number of aromatic nitrogens is 2. The smallest absolute Gasteiger partial charge is 0.259 e. The number of carbonyl (C=O) groups is 2. The average Bonchev–Trinajstić information content (AvgIpc) is 3.47. The van der Waals surface area contributed by atoms with Crippen LogP contribution in [0.2, 0.25) is 0 Å². The minimum absolute atomic E-state index is 0.0315. The molecule has 1 unspecified atom stereocenters. The fraction of sp³-hybridized carbons (Fsp3) is 0.286. The van der Waals surface area contributed by atoms with E-state index < -0.39 is 0 Å². The number of nitrogens with zero attached hydrogens (tertiary/aromatic N) is 2. The number of hydrogen-bond acceptors (Lipinski definition) is 4. The molecule has 4 bridgehead atoms. The van der Waals surface area contributed by atoms with Gasteiger partial charge in [-0.05, 0) is 32.5 Å². The van der Waals surface area contributed by atoms with Gasteiger partial charge in [0.05, 0.1) is 23.9 Å². The van der Waals surface area contributed by atoms with Gasteiger partial charge in [0.15, 0.2) is 0 Å². The summed E-state index contributed by atoms with van der Waals surface area (Å²) in [5.74, 6) is -0.742. The first-order valence-electron chi connectivity index (χ1n) is 12.0. The molecule has 0 aliphatic carbocycles. The van der Waals surface area contributed by atoms with Gasteiger partial charge in [-0.3, -0.25) is 14.9 Å². The lowest BCUT2D eigenvalue weighted by Crippen LogP contribution is -2.29. The van der Waals surface area contributed by atoms with E-state index in [2.05, 4.69) is 26.3 Å². The highest BCUT2D eigenvalue weighted by molar-refractivity contribution is 6.50. The number of fused-ring (bicyclic) bond motifs is 9. The minimum Gasteiger partial charge on any atom is -0.375 e. The van der Waals surface area contributed by atoms with Gasteiger partial charge in [-0.2, -0.15) is 0 Å². The highest BCUT2D eigenvalue weighted by Crippen LogP contribution is 2.39. The van der Waals surface area contributed by atoms with Crippen LogP contribution < -0.4 is 10.6 Å². The number of amides is 2. The van der Waals surface area contributed by atoms with Crippen LogP contribution in [0.15, 0.2) is 49.3 Å². The van der Waals surface area contributed by atoms with E-state index in [1.54, 1.807) is 0 Å². The summed E-state index contributed by atoms with van der Waals surface area (Å²) in [5.41, 5.74) is 5.10. The molecule has 7 nitrogen and oxygen atoms in total. The molecule has 7 heteroatoms. The van der Waals surface area contributed by atoms with Crippen molar-refractivity contribution in [1.29, 1.82) is 0 Å². The number of ether oxygens (including phenoxy) is 1. The monoisotopic (exact) mass is 470 g/mol. The van der Waals surface area contributed by atoms with Gasteiger partial charge in [-0.1, -0.05) is 36.9 Å². The molecule has 1 atom stereocenters. The van der Waals surface area contributed by atoms with E-state index in [-0.39, 0.29) is 17.9 Å². The molecule has 35 heavy (non-hydrogen) atoms. The second-order valence-corrected chi connectivity index (χ2v) is 8.86. The van der Waals surface area contributed by atoms with Gasteiger partial charge in [-0.15, -0.1) is 0 Å². The first-order chi connectivity index (χ1) is 17.1. The number of rotatable bonds is 4. The van der Waals surface area contributed by atoms with Gasteiger partial charge in [0, 0.05) is 65.3 Å². The van der Waals surface area contributed by atoms with E-state index in [0.717, 1.165) is 46.3 Å². The molecule has 0 spiro atoms. The zero-order valence-corrected chi connectivity index (χ0v) is 20.1. The van der Waals surface area contributed by atoms with Crippen molar-refractivity contribution >= 4 is 46.0 Å². The predicted octanol–water partition coefficient (Wildman–Crippen LogP) is 3.69. The summed E-state index contributed by atoms with van der Waals surface area (Å²) in [6.45, 7) is 8.60. The van der Waals surface area contributed by atoms with Crippen molar-refractivity contribution in [1.82, 2.24) is 19.8 Å². The van der Waals surface area contributed by atoms with Gasteiger partial charge < -0.3 is 19.2 Å². The number of para-hydroxylation sites is 1. The quantitative estimate of drug-likeness (QED) is 0.570. The van der Waals surface area contributed by atoms with E-state index in [1.807, 2.05) is 68.9 Å². The lowest BCUT2D eigenvalue weighted by Gasteiger charge is -2.19. The van der Waals surface area contributed by atoms with Crippen molar-refractivity contribution in [2.24, 2.45) is 0 Å². The van der Waals surface area contributed by atoms with Gasteiger partial charge >= 0.3 is 0 Å². The van der Waals surface area contributed by atoms with Gasteiger partial charge in [0.25, 0.3) is 11.8 Å². The van der Waals surface area contributed by atoms with Crippen LogP contribution in [0.3, 0.4) is 0 Å². The summed E-state index contributed by atoms with van der Waals surface area (Å²) in [7, 11) is 1.93. The summed E-state index contributed by atoms with van der Waals surface area (Å²) in [6, 6.07) is 7.97. The van der Waals surface area contributed by atoms with Crippen LogP contribution in [-0.4, -0.2) is 47.3 Å². The number of benzene rings is 1. The van der Waals surface area contributed by atoms with Crippen molar-refractivity contribution in [2.75, 3.05) is 20.2 Å². The van der Waals surface area contributed by atoms with Crippen LogP contribution in [0.4, 0.5) is 0 Å². The zero-order valence-electron chi connectivity index (χ0n) is 20.1. The molecular formula is C28H30N4O3. The normalized spacial score (nSPS) is 18.7. The van der Waals surface area contributed by atoms with Crippen molar-refractivity contribution < 1.29 is 14.3 Å². The third kappa shape index (κ3) is 3.96. The topological polar surface area (TPSA) is 77.3 Å². The van der Waals surface area contributed by atoms with Crippen LogP contribution in [0.25, 0.3) is 34.2 Å². The van der Waals surface area contributed by atoms with Crippen molar-refractivity contribution in [3.05, 3.63) is 71.7 Å². The third-order valence-corrected chi connectivity index (χ3v) is 6.76. The third-order valence-electron chi connectivity index (χ3n) is 6.76. The zero-order chi connectivity index (χ0) is 24.5. The summed E-state index contributed by atoms with van der Waals surface area (Å²) in [4.78, 5) is 26.4. The highest BCUT2D eigenvalue weighted by Gasteiger charge is 2.36. The highest BCUT2D eigenvalue weighted by atomic mass is 16.5. The number of nitrogens with one attached hydrogen (secondary N) is 2. The van der Waals surface area contributed by atoms with E-state index in [0.29, 0.717) is 30.8 Å². The molecule has 0 saturated carbocycles. The standard InChI is InChI=1S/C28H30N4O3/c1-4-8-19-21-16-31(23(19)5-2)12-11-18(15-29-3)35-14-13-32-17-22(20-9-6-7-10-24(20)32)26-25(21)27(33)30-28(26)34/h4-10,16-18,29H,2,11-15H2,1,3H3,(H,30,33,34)/b8-4-. The van der Waals surface area contributed by atoms with Crippen LogP contribution in [0, 0.1) is 0 Å². The van der Waals surface area contributed by atoms with Crippen LogP contribution >= 0.6 is 0 Å². The molecule has 2 N–H and O–H groups in total. The second-order valence-electron chi connectivity index (χ2n) is 8.86. The maximum absolute atomic E-state index is 13.2. The Morgan fingerprint density at radius 2 is 1.86 bits per heavy atom. The Bertz CT molecular complexity index is 1390. The molecule has 1 aromatic carbocycles. The number of aryl methyl sites for hydroxylation is 1. The van der Waals surface area contributed by atoms with E-state index in [1.165, 1.54) is 0 Å². The Kier molecular flexibility index (Phi) is 6.28. The lowest BCUT2D eigenvalue weighted by atomic mass is 9.94. The van der Waals surface area contributed by atoms with Gasteiger partial charge in [-0.25, -0.2) is 0 Å². The molecular weight excluding hydrogens is 440 g/mol. The fourth-order valence-electron chi connectivity index (χ4n) is 5.21. The predicted molar refractivity (Wildman–Crippen MR) is 139 cm³/mol. The molecule has 2 aliphatic rings. The SMILES string of the molecule is C=Cc1c(/C=C\C)c2cn1CCC(CNC)OCCn1cc(c3ccccc31)C1=C2C(=O)NC1=O. The van der Waals surface area contributed by atoms with E-state index in [9.17, 15) is 9.59 Å². The van der Waals surface area contributed by atoms with Crippen LogP contribution in [0.5, 0.6) is 0 Å². The van der Waals surface area contributed by atoms with Crippen molar-refractivity contribution in [2.45, 2.75) is 32.5 Å². The molecule has 3 aromatic rings. The van der Waals surface area contributed by atoms with Gasteiger partial charge in [0.1, 0.15) is 0 Å². The number of hydrogen-bond donors (Lipinski definition) is 2. The van der Waals surface area contributed by atoms with E-state index in [4.69, 9.17) is 4.74 Å². The van der Waals surface area contributed by atoms with Gasteiger partial charge in [0.2, 0.25) is 0 Å². The lowest BCUT2D eigenvalue weighted by molar-refractivity contribution is -0.122. The molecule has 180 valence electrons. The second kappa shape index (κ2) is 9.52. The Labute approximate surface area is 204 Å². The van der Waals surface area contributed by atoms with Crippen LogP contribution in [0.1, 0.15) is 35.7 Å². The Morgan fingerprint density at radius 3 is 2.60 bits per heavy atom. The number of imide groups is 1. The van der Waals surface area contributed by atoms with Crippen molar-refractivity contribution in [3.8, 4) is 0 Å². The summed E-state index contributed by atoms with van der Waals surface area (Å²) in [6.07, 6.45) is 10.5. The van der Waals surface area contributed by atoms with E-state index >= 15 is 0 Å². The number of allylic oxidation sites excluding steroid dienone is 1. The number of likely N-dealkylation sites (N-methyl/N-ethyl adjacent to an activating group) is 1. The number of carbonyl (C=O) groups excluding carboxylic acids is 2. The Morgan fingerprint density at radius 1 is 1.11 bits per heavy atom. The minimum atomic E-state index is -0.371.